The van der Waals surface area contributed by atoms with E-state index >= 15 is 0 Å². The van der Waals surface area contributed by atoms with Gasteiger partial charge in [0.1, 0.15) is 23.3 Å². The molecule has 6 nitrogen and oxygen atoms in total. The Morgan fingerprint density at radius 3 is 2.62 bits per heavy atom. The number of nitriles is 1. The topological polar surface area (TPSA) is 111 Å². The second kappa shape index (κ2) is 7.55. The highest BCUT2D eigenvalue weighted by molar-refractivity contribution is 5.77. The number of hydrogen-bond acceptors (Lipinski definition) is 6. The lowest BCUT2D eigenvalue weighted by Gasteiger charge is -2.14. The van der Waals surface area contributed by atoms with Gasteiger partial charge < -0.3 is 16.2 Å². The van der Waals surface area contributed by atoms with E-state index in [4.69, 9.17) is 16.2 Å². The van der Waals surface area contributed by atoms with E-state index in [0.717, 1.165) is 18.9 Å². The van der Waals surface area contributed by atoms with Gasteiger partial charge in [-0.2, -0.15) is 10.2 Å². The Labute approximate surface area is 138 Å². The molecule has 8 heteroatoms. The fourth-order valence-corrected chi connectivity index (χ4v) is 2.21. The highest BCUT2D eigenvalue weighted by Gasteiger charge is 2.21. The van der Waals surface area contributed by atoms with Crippen LogP contribution in [0.1, 0.15) is 31.7 Å². The lowest BCUT2D eigenvalue weighted by Crippen LogP contribution is -2.07. The number of aromatic nitrogens is 2. The van der Waals surface area contributed by atoms with Gasteiger partial charge in [-0.15, -0.1) is 0 Å². The molecule has 0 unspecified atom stereocenters. The minimum absolute atomic E-state index is 0.0265. The number of benzene rings is 1. The zero-order valence-corrected chi connectivity index (χ0v) is 13.1. The van der Waals surface area contributed by atoms with Crippen LogP contribution in [0, 0.1) is 23.0 Å². The molecule has 0 aliphatic rings. The van der Waals surface area contributed by atoms with Crippen molar-refractivity contribution < 1.29 is 13.5 Å². The van der Waals surface area contributed by atoms with Crippen molar-refractivity contribution in [3.8, 4) is 23.1 Å². The molecule has 1 aromatic carbocycles. The first-order chi connectivity index (χ1) is 11.5. The maximum absolute atomic E-state index is 14.2. The van der Waals surface area contributed by atoms with Crippen molar-refractivity contribution in [2.45, 2.75) is 26.2 Å². The molecule has 0 saturated carbocycles. The smallest absolute Gasteiger partial charge is 0.222 e. The van der Waals surface area contributed by atoms with Gasteiger partial charge in [-0.1, -0.05) is 19.8 Å². The van der Waals surface area contributed by atoms with Crippen molar-refractivity contribution in [2.24, 2.45) is 0 Å². The molecule has 1 heterocycles. The summed E-state index contributed by atoms with van der Waals surface area (Å²) in [7, 11) is 0. The van der Waals surface area contributed by atoms with E-state index in [2.05, 4.69) is 9.97 Å². The van der Waals surface area contributed by atoms with Gasteiger partial charge in [0.2, 0.25) is 5.95 Å². The summed E-state index contributed by atoms with van der Waals surface area (Å²) >= 11 is 0. The Morgan fingerprint density at radius 2 is 1.96 bits per heavy atom. The first kappa shape index (κ1) is 17.4. The summed E-state index contributed by atoms with van der Waals surface area (Å²) in [6.07, 6.45) is 2.60. The molecule has 4 N–H and O–H groups in total. The molecule has 0 bridgehead atoms. The number of unbranched alkanes of at least 4 members (excludes halogenated alkanes) is 2. The molecule has 24 heavy (non-hydrogen) atoms. The molecule has 0 aliphatic carbocycles. The lowest BCUT2D eigenvalue weighted by molar-refractivity contribution is 0.292. The van der Waals surface area contributed by atoms with E-state index in [1.54, 1.807) is 0 Å². The second-order valence-electron chi connectivity index (χ2n) is 5.12. The number of hydrogen-bond donors (Lipinski definition) is 2. The van der Waals surface area contributed by atoms with Gasteiger partial charge in [-0.3, -0.25) is 0 Å². The average molecular weight is 333 g/mol. The van der Waals surface area contributed by atoms with Crippen molar-refractivity contribution in [1.82, 2.24) is 9.97 Å². The Bertz CT molecular complexity index is 789. The predicted octanol–water partition coefficient (Wildman–Crippen LogP) is 3.03. The van der Waals surface area contributed by atoms with E-state index in [9.17, 15) is 14.0 Å². The molecule has 0 amide bonds. The van der Waals surface area contributed by atoms with Crippen molar-refractivity contribution in [1.29, 1.82) is 5.26 Å². The fourth-order valence-electron chi connectivity index (χ4n) is 2.21. The average Bonchev–Trinajstić information content (AvgIpc) is 2.52. The number of nitrogen functional groups attached to an aromatic ring is 2. The molecule has 0 saturated heterocycles. The quantitative estimate of drug-likeness (QED) is 0.786. The van der Waals surface area contributed by atoms with E-state index in [0.29, 0.717) is 12.5 Å². The molecule has 126 valence electrons. The minimum atomic E-state index is -0.888. The summed E-state index contributed by atoms with van der Waals surface area (Å²) in [5, 5.41) is 9.25. The largest absolute Gasteiger partial charge is 0.490 e. The minimum Gasteiger partial charge on any atom is -0.490 e. The van der Waals surface area contributed by atoms with Crippen LogP contribution in [0.25, 0.3) is 11.3 Å². The molecule has 2 aromatic rings. The van der Waals surface area contributed by atoms with Crippen LogP contribution in [-0.4, -0.2) is 16.6 Å². The highest BCUT2D eigenvalue weighted by atomic mass is 19.1. The molecule has 0 spiro atoms. The summed E-state index contributed by atoms with van der Waals surface area (Å²) in [5.74, 6) is -2.28. The van der Waals surface area contributed by atoms with Gasteiger partial charge in [0.25, 0.3) is 0 Å². The van der Waals surface area contributed by atoms with E-state index in [-0.39, 0.29) is 40.9 Å². The first-order valence-electron chi connectivity index (χ1n) is 7.43. The molecule has 0 atom stereocenters. The van der Waals surface area contributed by atoms with Gasteiger partial charge in [-0.05, 0) is 12.5 Å². The monoisotopic (exact) mass is 333 g/mol. The summed E-state index contributed by atoms with van der Waals surface area (Å²) in [6.45, 7) is 2.27. The standard InChI is InChI=1S/C16H17F2N5O/c1-2-3-4-5-24-14-10(6-9(17)7-12(14)18)13-11(8-19)15(20)23-16(21)22-13/h6-7H,2-5H2,1H3,(H4,20,21,22,23). The van der Waals surface area contributed by atoms with Crippen LogP contribution in [0.15, 0.2) is 12.1 Å². The van der Waals surface area contributed by atoms with Gasteiger partial charge >= 0.3 is 0 Å². The molecular formula is C16H17F2N5O. The van der Waals surface area contributed by atoms with E-state index < -0.39 is 11.6 Å². The van der Waals surface area contributed by atoms with Crippen molar-refractivity contribution >= 4 is 11.8 Å². The maximum atomic E-state index is 14.2. The predicted molar refractivity (Wildman–Crippen MR) is 85.9 cm³/mol. The normalized spacial score (nSPS) is 10.4. The number of ether oxygens (including phenoxy) is 1. The van der Waals surface area contributed by atoms with Gasteiger partial charge in [0, 0.05) is 11.6 Å². The summed E-state index contributed by atoms with van der Waals surface area (Å²) in [6, 6.07) is 3.56. The van der Waals surface area contributed by atoms with Crippen molar-refractivity contribution in [3.05, 3.63) is 29.3 Å². The van der Waals surface area contributed by atoms with Crippen molar-refractivity contribution in [2.75, 3.05) is 18.1 Å². The number of nitrogens with zero attached hydrogens (tertiary/aromatic N) is 3. The Morgan fingerprint density at radius 1 is 1.21 bits per heavy atom. The summed E-state index contributed by atoms with van der Waals surface area (Å²) < 4.78 is 33.3. The lowest BCUT2D eigenvalue weighted by atomic mass is 10.1. The van der Waals surface area contributed by atoms with Crippen LogP contribution in [0.3, 0.4) is 0 Å². The third-order valence-corrected chi connectivity index (χ3v) is 3.32. The number of nitrogens with two attached hydrogens (primary N) is 2. The SMILES string of the molecule is CCCCCOc1c(F)cc(F)cc1-c1nc(N)nc(N)c1C#N. The Balaban J connectivity index is 2.56. The van der Waals surface area contributed by atoms with Crippen LogP contribution in [0.5, 0.6) is 5.75 Å². The molecular weight excluding hydrogens is 316 g/mol. The first-order valence-corrected chi connectivity index (χ1v) is 7.43. The van der Waals surface area contributed by atoms with Crippen LogP contribution in [-0.2, 0) is 0 Å². The second-order valence-corrected chi connectivity index (χ2v) is 5.12. The molecule has 0 fully saturated rings. The Kier molecular flexibility index (Phi) is 5.47. The molecule has 2 rings (SSSR count). The van der Waals surface area contributed by atoms with Gasteiger partial charge in [0.15, 0.2) is 11.6 Å². The highest BCUT2D eigenvalue weighted by Crippen LogP contribution is 2.35. The zero-order valence-electron chi connectivity index (χ0n) is 13.1. The Hall–Kier alpha value is -2.95. The zero-order chi connectivity index (χ0) is 17.7. The molecule has 0 aliphatic heterocycles. The summed E-state index contributed by atoms with van der Waals surface area (Å²) in [5.41, 5.74) is 11.0. The van der Waals surface area contributed by atoms with Gasteiger partial charge in [0.05, 0.1) is 12.3 Å². The van der Waals surface area contributed by atoms with Crippen LogP contribution in [0.4, 0.5) is 20.5 Å². The van der Waals surface area contributed by atoms with Crippen molar-refractivity contribution in [3.63, 3.8) is 0 Å². The van der Waals surface area contributed by atoms with Crippen LogP contribution < -0.4 is 16.2 Å². The van der Waals surface area contributed by atoms with E-state index in [1.165, 1.54) is 0 Å². The van der Waals surface area contributed by atoms with E-state index in [1.807, 2.05) is 13.0 Å². The van der Waals surface area contributed by atoms with Gasteiger partial charge in [-0.25, -0.2) is 13.8 Å². The maximum Gasteiger partial charge on any atom is 0.222 e. The molecule has 1 aromatic heterocycles. The third-order valence-electron chi connectivity index (χ3n) is 3.32. The molecule has 0 radical (unpaired) electrons. The number of rotatable bonds is 6. The summed E-state index contributed by atoms with van der Waals surface area (Å²) in [4.78, 5) is 7.60. The third kappa shape index (κ3) is 3.68. The van der Waals surface area contributed by atoms with Crippen LogP contribution in [0.2, 0.25) is 0 Å². The van der Waals surface area contributed by atoms with Crippen LogP contribution >= 0.6 is 0 Å². The fraction of sp³-hybridized carbons (Fsp3) is 0.312. The number of anilines is 2. The number of halogens is 2.